The predicted octanol–water partition coefficient (Wildman–Crippen LogP) is 2.74. The maximum absolute atomic E-state index is 13.1. The first-order chi connectivity index (χ1) is 9.66. The number of halogens is 1. The lowest BCUT2D eigenvalue weighted by molar-refractivity contribution is 0.0951. The van der Waals surface area contributed by atoms with Gasteiger partial charge in [0.15, 0.2) is 0 Å². The summed E-state index contributed by atoms with van der Waals surface area (Å²) in [5.74, 6) is -0.390. The van der Waals surface area contributed by atoms with E-state index in [0.29, 0.717) is 17.7 Å². The maximum Gasteiger partial charge on any atom is 0.251 e. The molecule has 1 heterocycles. The highest BCUT2D eigenvalue weighted by Gasteiger charge is 2.10. The smallest absolute Gasteiger partial charge is 0.251 e. The third-order valence-electron chi connectivity index (χ3n) is 3.81. The number of carbonyl (C=O) groups is 1. The first kappa shape index (κ1) is 15.0. The Hall–Kier alpha value is -1.42. The highest BCUT2D eigenvalue weighted by atomic mass is 19.1. The van der Waals surface area contributed by atoms with Crippen LogP contribution in [0, 0.1) is 12.7 Å². The van der Waals surface area contributed by atoms with Gasteiger partial charge in [0, 0.05) is 12.1 Å². The molecule has 1 saturated heterocycles. The number of hydrogen-bond acceptors (Lipinski definition) is 2. The summed E-state index contributed by atoms with van der Waals surface area (Å²) in [6.07, 6.45) is 4.89. The van der Waals surface area contributed by atoms with Crippen molar-refractivity contribution in [3.63, 3.8) is 0 Å². The number of likely N-dealkylation sites (tertiary alicyclic amines) is 1. The number of carbonyl (C=O) groups excluding carboxylic acids is 1. The monoisotopic (exact) mass is 278 g/mol. The molecular weight excluding hydrogens is 255 g/mol. The van der Waals surface area contributed by atoms with Gasteiger partial charge in [-0.1, -0.05) is 6.42 Å². The number of rotatable bonds is 5. The van der Waals surface area contributed by atoms with Crippen molar-refractivity contribution in [2.45, 2.75) is 32.6 Å². The Balaban J connectivity index is 1.70. The zero-order valence-corrected chi connectivity index (χ0v) is 12.1. The fourth-order valence-electron chi connectivity index (χ4n) is 2.58. The Morgan fingerprint density at radius 1 is 1.30 bits per heavy atom. The Kier molecular flexibility index (Phi) is 5.53. The molecule has 0 saturated carbocycles. The average molecular weight is 278 g/mol. The number of nitrogens with one attached hydrogen (secondary N) is 1. The second kappa shape index (κ2) is 7.39. The third kappa shape index (κ3) is 4.30. The van der Waals surface area contributed by atoms with Crippen LogP contribution in [0.25, 0.3) is 0 Å². The Labute approximate surface area is 120 Å². The lowest BCUT2D eigenvalue weighted by atomic mass is 10.1. The molecule has 0 aliphatic carbocycles. The van der Waals surface area contributed by atoms with Crippen LogP contribution in [0.2, 0.25) is 0 Å². The molecule has 4 heteroatoms. The van der Waals surface area contributed by atoms with Crippen molar-refractivity contribution in [1.82, 2.24) is 10.2 Å². The molecule has 1 amide bonds. The molecule has 110 valence electrons. The molecule has 1 fully saturated rings. The number of hydrogen-bond donors (Lipinski definition) is 1. The van der Waals surface area contributed by atoms with E-state index in [1.54, 1.807) is 13.0 Å². The summed E-state index contributed by atoms with van der Waals surface area (Å²) in [6, 6.07) is 4.47. The van der Waals surface area contributed by atoms with E-state index in [9.17, 15) is 9.18 Å². The van der Waals surface area contributed by atoms with E-state index in [-0.39, 0.29) is 11.7 Å². The first-order valence-corrected chi connectivity index (χ1v) is 7.43. The van der Waals surface area contributed by atoms with Crippen molar-refractivity contribution in [1.29, 1.82) is 0 Å². The summed E-state index contributed by atoms with van der Waals surface area (Å²) in [7, 11) is 0. The minimum absolute atomic E-state index is 0.119. The molecule has 20 heavy (non-hydrogen) atoms. The van der Waals surface area contributed by atoms with Gasteiger partial charge in [-0.3, -0.25) is 4.79 Å². The van der Waals surface area contributed by atoms with Crippen LogP contribution in [0.15, 0.2) is 18.2 Å². The van der Waals surface area contributed by atoms with E-state index < -0.39 is 0 Å². The van der Waals surface area contributed by atoms with Crippen LogP contribution >= 0.6 is 0 Å². The second-order valence-corrected chi connectivity index (χ2v) is 5.48. The molecule has 2 rings (SSSR count). The molecule has 0 radical (unpaired) electrons. The molecule has 0 unspecified atom stereocenters. The summed E-state index contributed by atoms with van der Waals surface area (Å²) >= 11 is 0. The van der Waals surface area contributed by atoms with Crippen molar-refractivity contribution in [3.8, 4) is 0 Å². The van der Waals surface area contributed by atoms with Crippen LogP contribution in [0.3, 0.4) is 0 Å². The van der Waals surface area contributed by atoms with Crippen LogP contribution in [-0.4, -0.2) is 37.0 Å². The highest BCUT2D eigenvalue weighted by molar-refractivity contribution is 5.94. The minimum Gasteiger partial charge on any atom is -0.352 e. The summed E-state index contributed by atoms with van der Waals surface area (Å²) in [5, 5.41) is 2.90. The predicted molar refractivity (Wildman–Crippen MR) is 78.4 cm³/mol. The van der Waals surface area contributed by atoms with E-state index in [1.165, 1.54) is 44.5 Å². The largest absolute Gasteiger partial charge is 0.352 e. The molecule has 3 nitrogen and oxygen atoms in total. The number of piperidine rings is 1. The lowest BCUT2D eigenvalue weighted by Gasteiger charge is -2.26. The van der Waals surface area contributed by atoms with Gasteiger partial charge >= 0.3 is 0 Å². The van der Waals surface area contributed by atoms with Gasteiger partial charge in [-0.05, 0) is 69.6 Å². The van der Waals surface area contributed by atoms with E-state index in [0.717, 1.165) is 13.0 Å². The van der Waals surface area contributed by atoms with Crippen molar-refractivity contribution < 1.29 is 9.18 Å². The number of aryl methyl sites for hydroxylation is 1. The lowest BCUT2D eigenvalue weighted by Crippen LogP contribution is -2.33. The molecule has 1 aliphatic rings. The van der Waals surface area contributed by atoms with Gasteiger partial charge in [-0.2, -0.15) is 0 Å². The number of benzene rings is 1. The van der Waals surface area contributed by atoms with Crippen molar-refractivity contribution in [2.75, 3.05) is 26.2 Å². The number of nitrogens with zero attached hydrogens (tertiary/aromatic N) is 1. The quantitative estimate of drug-likeness (QED) is 0.840. The summed E-state index contributed by atoms with van der Waals surface area (Å²) in [5.41, 5.74) is 1.04. The van der Waals surface area contributed by atoms with Gasteiger partial charge in [0.1, 0.15) is 5.82 Å². The molecule has 0 bridgehead atoms. The molecule has 0 spiro atoms. The van der Waals surface area contributed by atoms with Gasteiger partial charge in [-0.15, -0.1) is 0 Å². The SMILES string of the molecule is Cc1cc(C(=O)NCCCN2CCCCC2)ccc1F. The van der Waals surface area contributed by atoms with Crippen LogP contribution in [-0.2, 0) is 0 Å². The van der Waals surface area contributed by atoms with Crippen LogP contribution < -0.4 is 5.32 Å². The maximum atomic E-state index is 13.1. The van der Waals surface area contributed by atoms with Crippen LogP contribution in [0.1, 0.15) is 41.6 Å². The van der Waals surface area contributed by atoms with Gasteiger partial charge in [0.05, 0.1) is 0 Å². The summed E-state index contributed by atoms with van der Waals surface area (Å²) in [6.45, 7) is 5.76. The van der Waals surface area contributed by atoms with E-state index >= 15 is 0 Å². The molecule has 0 atom stereocenters. The van der Waals surface area contributed by atoms with E-state index in [1.807, 2.05) is 0 Å². The fourth-order valence-corrected chi connectivity index (χ4v) is 2.58. The summed E-state index contributed by atoms with van der Waals surface area (Å²) < 4.78 is 13.1. The zero-order valence-electron chi connectivity index (χ0n) is 12.1. The van der Waals surface area contributed by atoms with E-state index in [2.05, 4.69) is 10.2 Å². The Morgan fingerprint density at radius 2 is 2.05 bits per heavy atom. The fraction of sp³-hybridized carbons (Fsp3) is 0.562. The molecular formula is C16H23FN2O. The van der Waals surface area contributed by atoms with Crippen molar-refractivity contribution in [2.24, 2.45) is 0 Å². The van der Waals surface area contributed by atoms with Crippen molar-refractivity contribution >= 4 is 5.91 Å². The molecule has 1 N–H and O–H groups in total. The van der Waals surface area contributed by atoms with Gasteiger partial charge in [0.25, 0.3) is 5.91 Å². The zero-order chi connectivity index (χ0) is 14.4. The second-order valence-electron chi connectivity index (χ2n) is 5.48. The van der Waals surface area contributed by atoms with Crippen LogP contribution in [0.4, 0.5) is 4.39 Å². The molecule has 1 aliphatic heterocycles. The van der Waals surface area contributed by atoms with E-state index in [4.69, 9.17) is 0 Å². The topological polar surface area (TPSA) is 32.3 Å². The third-order valence-corrected chi connectivity index (χ3v) is 3.81. The first-order valence-electron chi connectivity index (χ1n) is 7.43. The standard InChI is InChI=1S/C16H23FN2O/c1-13-12-14(6-7-15(13)17)16(20)18-8-5-11-19-9-3-2-4-10-19/h6-7,12H,2-5,8-11H2,1H3,(H,18,20). The van der Waals surface area contributed by atoms with Gasteiger partial charge < -0.3 is 10.2 Å². The Morgan fingerprint density at radius 3 is 2.75 bits per heavy atom. The molecule has 0 aromatic heterocycles. The van der Waals surface area contributed by atoms with Gasteiger partial charge in [-0.25, -0.2) is 4.39 Å². The normalized spacial score (nSPS) is 16.1. The summed E-state index contributed by atoms with van der Waals surface area (Å²) in [4.78, 5) is 14.4. The minimum atomic E-state index is -0.272. The van der Waals surface area contributed by atoms with Gasteiger partial charge in [0.2, 0.25) is 0 Å². The molecule has 1 aromatic carbocycles. The Bertz CT molecular complexity index is 456. The van der Waals surface area contributed by atoms with Crippen molar-refractivity contribution in [3.05, 3.63) is 35.1 Å². The molecule has 1 aromatic rings. The van der Waals surface area contributed by atoms with Crippen LogP contribution in [0.5, 0.6) is 0 Å². The number of amides is 1. The average Bonchev–Trinajstić information content (AvgIpc) is 2.47. The highest BCUT2D eigenvalue weighted by Crippen LogP contribution is 2.10.